The summed E-state index contributed by atoms with van der Waals surface area (Å²) in [7, 11) is 2.82. The molecule has 0 saturated carbocycles. The molecule has 2 heterocycles. The molecule has 6 amide bonds. The van der Waals surface area contributed by atoms with Crippen molar-refractivity contribution in [3.63, 3.8) is 0 Å². The number of likely N-dealkylation sites (tertiary alicyclic amines) is 2. The molecule has 2 fully saturated rings. The molecule has 2 saturated heterocycles. The highest BCUT2D eigenvalue weighted by Gasteiger charge is 2.43. The van der Waals surface area contributed by atoms with Crippen molar-refractivity contribution in [2.75, 3.05) is 40.3 Å². The van der Waals surface area contributed by atoms with E-state index in [0.717, 1.165) is 25.7 Å². The molecule has 0 bridgehead atoms. The number of ether oxygens (including phenoxy) is 2. The molecule has 2 aromatic rings. The van der Waals surface area contributed by atoms with E-state index in [4.69, 9.17) is 9.47 Å². The predicted molar refractivity (Wildman–Crippen MR) is 214 cm³/mol. The zero-order valence-electron chi connectivity index (χ0n) is 34.4. The van der Waals surface area contributed by atoms with Crippen molar-refractivity contribution in [3.8, 4) is 0 Å². The molecule has 0 spiro atoms. The van der Waals surface area contributed by atoms with E-state index in [1.54, 1.807) is 86.0 Å². The lowest BCUT2D eigenvalue weighted by molar-refractivity contribution is -0.171. The molecule has 6 N–H and O–H groups in total. The van der Waals surface area contributed by atoms with Gasteiger partial charge >= 0.3 is 0 Å². The smallest absolute Gasteiger partial charge is 0.253 e. The van der Waals surface area contributed by atoms with Crippen LogP contribution in [0, 0.1) is 11.8 Å². The van der Waals surface area contributed by atoms with E-state index in [-0.39, 0.29) is 25.0 Å². The highest BCUT2D eigenvalue weighted by Crippen LogP contribution is 2.21. The zero-order chi connectivity index (χ0) is 42.5. The van der Waals surface area contributed by atoms with Crippen LogP contribution in [0.1, 0.15) is 85.2 Å². The van der Waals surface area contributed by atoms with Crippen LogP contribution in [0.2, 0.25) is 0 Å². The predicted octanol–water partition coefficient (Wildman–Crippen LogP) is 1.12. The largest absolute Gasteiger partial charge is 0.387 e. The number of carbonyl (C=O) groups is 6. The number of hydrogen-bond acceptors (Lipinski definition) is 10. The number of hydrogen-bond donors (Lipinski definition) is 6. The second kappa shape index (κ2) is 21.7. The molecule has 2 aliphatic rings. The number of benzene rings is 2. The first-order chi connectivity index (χ1) is 27.7. The molecule has 2 aromatic carbocycles. The SMILES string of the molecule is CNC(=O)[C@@H](NC(=O)[C@H](OCc1cccc(C(=O)N2CCCC2)c1)[C@H](O)[C@@H](O)[C@@H](OCc1cccc(C(=O)N2CCCC2)c1)C(=O)N[C@H](C(=O)NC)C(C)C)C(C)C. The summed E-state index contributed by atoms with van der Waals surface area (Å²) in [6, 6.07) is 11.2. The Morgan fingerprint density at radius 1 is 0.586 bits per heavy atom. The van der Waals surface area contributed by atoms with Crippen molar-refractivity contribution in [2.45, 2.75) is 103 Å². The molecule has 58 heavy (non-hydrogen) atoms. The van der Waals surface area contributed by atoms with E-state index in [0.29, 0.717) is 48.4 Å². The van der Waals surface area contributed by atoms with Crippen molar-refractivity contribution in [1.29, 1.82) is 0 Å². The Morgan fingerprint density at radius 3 is 1.24 bits per heavy atom. The molecule has 0 unspecified atom stereocenters. The Labute approximate surface area is 340 Å². The van der Waals surface area contributed by atoms with Gasteiger partial charge in [-0.05, 0) is 72.9 Å². The normalized spacial score (nSPS) is 17.3. The second-order valence-corrected chi connectivity index (χ2v) is 15.5. The maximum atomic E-state index is 14.0. The van der Waals surface area contributed by atoms with E-state index in [1.807, 2.05) is 0 Å². The van der Waals surface area contributed by atoms with Crippen molar-refractivity contribution >= 4 is 35.4 Å². The number of nitrogens with one attached hydrogen (secondary N) is 4. The summed E-state index contributed by atoms with van der Waals surface area (Å²) in [5.74, 6) is -4.03. The van der Waals surface area contributed by atoms with E-state index in [9.17, 15) is 39.0 Å². The maximum absolute atomic E-state index is 14.0. The summed E-state index contributed by atoms with van der Waals surface area (Å²) in [5.41, 5.74) is 1.79. The van der Waals surface area contributed by atoms with Crippen LogP contribution in [0.3, 0.4) is 0 Å². The highest BCUT2D eigenvalue weighted by molar-refractivity contribution is 5.95. The molecule has 4 rings (SSSR count). The van der Waals surface area contributed by atoms with Crippen LogP contribution < -0.4 is 21.3 Å². The lowest BCUT2D eigenvalue weighted by Gasteiger charge is -2.33. The summed E-state index contributed by atoms with van der Waals surface area (Å²) in [6.45, 7) is 8.82. The minimum absolute atomic E-state index is 0.150. The molecule has 16 heteroatoms. The number of amides is 6. The van der Waals surface area contributed by atoms with Crippen LogP contribution >= 0.6 is 0 Å². The fourth-order valence-electron chi connectivity index (χ4n) is 7.03. The van der Waals surface area contributed by atoms with Crippen LogP contribution in [0.15, 0.2) is 48.5 Å². The monoisotopic (exact) mass is 808 g/mol. The molecule has 0 radical (unpaired) electrons. The fraction of sp³-hybridized carbons (Fsp3) is 0.571. The number of likely N-dealkylation sites (N-methyl/N-ethyl adjacent to an activating group) is 2. The molecular formula is C42H60N6O10. The van der Waals surface area contributed by atoms with Gasteiger partial charge in [0.25, 0.3) is 23.6 Å². The third-order valence-electron chi connectivity index (χ3n) is 10.5. The number of aliphatic hydroxyl groups is 2. The third-order valence-corrected chi connectivity index (χ3v) is 10.5. The molecule has 0 aliphatic carbocycles. The van der Waals surface area contributed by atoms with Crippen molar-refractivity contribution in [3.05, 3.63) is 70.8 Å². The summed E-state index contributed by atoms with van der Waals surface area (Å²) in [6.07, 6.45) is -4.37. The minimum Gasteiger partial charge on any atom is -0.387 e. The quantitative estimate of drug-likeness (QED) is 0.119. The van der Waals surface area contributed by atoms with E-state index in [2.05, 4.69) is 21.3 Å². The van der Waals surface area contributed by atoms with Crippen molar-refractivity contribution in [1.82, 2.24) is 31.1 Å². The number of carbonyl (C=O) groups excluding carboxylic acids is 6. The van der Waals surface area contributed by atoms with Crippen LogP contribution in [0.25, 0.3) is 0 Å². The van der Waals surface area contributed by atoms with Crippen LogP contribution in [0.5, 0.6) is 0 Å². The fourth-order valence-corrected chi connectivity index (χ4v) is 7.03. The lowest BCUT2D eigenvalue weighted by Crippen LogP contribution is -2.60. The summed E-state index contributed by atoms with van der Waals surface area (Å²) in [5, 5.41) is 33.9. The molecule has 6 atom stereocenters. The molecule has 16 nitrogen and oxygen atoms in total. The van der Waals surface area contributed by atoms with Gasteiger partial charge in [-0.2, -0.15) is 0 Å². The van der Waals surface area contributed by atoms with Crippen LogP contribution in [-0.2, 0) is 41.9 Å². The van der Waals surface area contributed by atoms with Gasteiger partial charge in [-0.3, -0.25) is 28.8 Å². The molecule has 318 valence electrons. The van der Waals surface area contributed by atoms with Crippen LogP contribution in [-0.4, -0.2) is 132 Å². The summed E-state index contributed by atoms with van der Waals surface area (Å²) >= 11 is 0. The minimum atomic E-state index is -2.14. The summed E-state index contributed by atoms with van der Waals surface area (Å²) < 4.78 is 12.0. The van der Waals surface area contributed by atoms with E-state index in [1.165, 1.54) is 14.1 Å². The van der Waals surface area contributed by atoms with Gasteiger partial charge in [0.1, 0.15) is 24.3 Å². The van der Waals surface area contributed by atoms with Gasteiger partial charge in [-0.15, -0.1) is 0 Å². The van der Waals surface area contributed by atoms with Gasteiger partial charge in [0.05, 0.1) is 13.2 Å². The first kappa shape index (κ1) is 45.8. The van der Waals surface area contributed by atoms with Gasteiger partial charge in [0.2, 0.25) is 11.8 Å². The summed E-state index contributed by atoms with van der Waals surface area (Å²) in [4.78, 5) is 83.3. The Morgan fingerprint density at radius 2 is 0.931 bits per heavy atom. The Hall–Kier alpha value is -4.90. The van der Waals surface area contributed by atoms with Gasteiger partial charge in [-0.25, -0.2) is 0 Å². The first-order valence-electron chi connectivity index (χ1n) is 20.1. The molecule has 0 aromatic heterocycles. The Bertz CT molecular complexity index is 1620. The number of aliphatic hydroxyl groups excluding tert-OH is 2. The highest BCUT2D eigenvalue weighted by atomic mass is 16.5. The van der Waals surface area contributed by atoms with Crippen LogP contribution in [0.4, 0.5) is 0 Å². The standard InChI is InChI=1S/C42H60N6O10/c1-25(2)31(37(51)43-5)45-39(53)35(57-23-27-13-11-15-29(21-27)41(55)47-17-7-8-18-47)33(49)34(50)36(40(54)46-32(26(3)4)38(52)44-6)58-24-28-14-12-16-30(22-28)42(56)48-19-9-10-20-48/h11-16,21-22,25-26,31-36,49-50H,7-10,17-20,23-24H2,1-6H3,(H,43,51)(H,44,52)(H,45,53)(H,46,54)/t31-,32-,33+,34+,35+,36+/m0/s1. The average molecular weight is 809 g/mol. The first-order valence-corrected chi connectivity index (χ1v) is 20.1. The average Bonchev–Trinajstić information content (AvgIpc) is 3.97. The Balaban J connectivity index is 1.65. The number of rotatable bonds is 19. The van der Waals surface area contributed by atoms with Gasteiger partial charge in [-0.1, -0.05) is 52.0 Å². The lowest BCUT2D eigenvalue weighted by atomic mass is 9.98. The van der Waals surface area contributed by atoms with E-state index < -0.39 is 72.0 Å². The van der Waals surface area contributed by atoms with Gasteiger partial charge < -0.3 is 50.8 Å². The van der Waals surface area contributed by atoms with Crippen molar-refractivity contribution in [2.24, 2.45) is 11.8 Å². The second-order valence-electron chi connectivity index (χ2n) is 15.5. The molecule has 2 aliphatic heterocycles. The third kappa shape index (κ3) is 12.1. The van der Waals surface area contributed by atoms with E-state index >= 15 is 0 Å². The Kier molecular flexibility index (Phi) is 17.2. The maximum Gasteiger partial charge on any atom is 0.253 e. The van der Waals surface area contributed by atoms with Gasteiger partial charge in [0.15, 0.2) is 12.2 Å². The van der Waals surface area contributed by atoms with Gasteiger partial charge in [0, 0.05) is 51.4 Å². The zero-order valence-corrected chi connectivity index (χ0v) is 34.4. The number of nitrogens with zero attached hydrogens (tertiary/aromatic N) is 2. The topological polar surface area (TPSA) is 216 Å². The van der Waals surface area contributed by atoms with Crippen molar-refractivity contribution < 1.29 is 48.5 Å². The molecular weight excluding hydrogens is 748 g/mol.